The van der Waals surface area contributed by atoms with Gasteiger partial charge in [-0.1, -0.05) is 24.0 Å². The molecule has 0 fully saturated rings. The summed E-state index contributed by atoms with van der Waals surface area (Å²) in [4.78, 5) is 0.0124. The summed E-state index contributed by atoms with van der Waals surface area (Å²) < 4.78 is 70.3. The molecule has 1 N–H and O–H groups in total. The molecule has 0 unspecified atom stereocenters. The average molecular weight is 383 g/mol. The van der Waals surface area contributed by atoms with E-state index in [1.165, 1.54) is 42.5 Å². The Kier molecular flexibility index (Phi) is 6.29. The molecule has 0 radical (unpaired) electrons. The van der Waals surface area contributed by atoms with E-state index < -0.39 is 21.8 Å². The Morgan fingerprint density at radius 2 is 1.73 bits per heavy atom. The van der Waals surface area contributed by atoms with Crippen molar-refractivity contribution in [3.63, 3.8) is 0 Å². The van der Waals surface area contributed by atoms with Crippen LogP contribution in [0, 0.1) is 11.8 Å². The zero-order valence-corrected chi connectivity index (χ0v) is 14.6. The van der Waals surface area contributed by atoms with E-state index in [0.29, 0.717) is 12.4 Å². The van der Waals surface area contributed by atoms with Crippen molar-refractivity contribution >= 4 is 10.0 Å². The Balaban J connectivity index is 2.07. The molecule has 0 aliphatic rings. The van der Waals surface area contributed by atoms with Gasteiger partial charge in [0.1, 0.15) is 5.75 Å². The van der Waals surface area contributed by atoms with Crippen LogP contribution >= 0.6 is 0 Å². The van der Waals surface area contributed by atoms with E-state index in [1.54, 1.807) is 0 Å². The van der Waals surface area contributed by atoms with Crippen molar-refractivity contribution in [1.82, 2.24) is 4.72 Å². The van der Waals surface area contributed by atoms with Crippen LogP contribution in [0.25, 0.3) is 0 Å². The van der Waals surface area contributed by atoms with Crippen molar-refractivity contribution < 1.29 is 26.3 Å². The summed E-state index contributed by atoms with van der Waals surface area (Å²) in [6.45, 7) is 1.95. The van der Waals surface area contributed by atoms with Crippen LogP contribution in [0.3, 0.4) is 0 Å². The predicted octanol–water partition coefficient (Wildman–Crippen LogP) is 3.43. The molecule has 2 rings (SSSR count). The maximum atomic E-state index is 12.9. The lowest BCUT2D eigenvalue weighted by molar-refractivity contribution is -0.137. The number of nitrogens with one attached hydrogen (secondary N) is 1. The second-order valence-electron chi connectivity index (χ2n) is 5.07. The summed E-state index contributed by atoms with van der Waals surface area (Å²) in [5, 5.41) is 0. The fraction of sp³-hybridized carbons (Fsp3) is 0.222. The Hall–Kier alpha value is -2.50. The predicted molar refractivity (Wildman–Crippen MR) is 91.1 cm³/mol. The van der Waals surface area contributed by atoms with Gasteiger partial charge in [-0.3, -0.25) is 0 Å². The Morgan fingerprint density at radius 3 is 2.35 bits per heavy atom. The number of halogens is 3. The van der Waals surface area contributed by atoms with E-state index >= 15 is 0 Å². The summed E-state index contributed by atoms with van der Waals surface area (Å²) in [5.41, 5.74) is -1.07. The first kappa shape index (κ1) is 19.8. The minimum atomic E-state index is -4.52. The van der Waals surface area contributed by atoms with Crippen molar-refractivity contribution in [3.05, 3.63) is 59.7 Å². The molecule has 0 bridgehead atoms. The molecule has 0 aliphatic heterocycles. The standard InChI is InChI=1S/C18H16F3NO3S/c1-2-25-15-9-11-16(12-10-15)26(23,24)22-13-5-7-14-6-3-4-8-17(14)18(19,20)21/h3-4,6,8-12,22H,2,13H2,1H3. The first-order valence-electron chi connectivity index (χ1n) is 7.61. The first-order chi connectivity index (χ1) is 12.2. The van der Waals surface area contributed by atoms with Gasteiger partial charge in [-0.2, -0.15) is 17.9 Å². The normalized spacial score (nSPS) is 11.5. The molecule has 0 heterocycles. The van der Waals surface area contributed by atoms with Gasteiger partial charge in [-0.15, -0.1) is 0 Å². The van der Waals surface area contributed by atoms with Gasteiger partial charge in [-0.25, -0.2) is 8.42 Å². The number of alkyl halides is 3. The highest BCUT2D eigenvalue weighted by Crippen LogP contribution is 2.31. The summed E-state index contributed by atoms with van der Waals surface area (Å²) in [6.07, 6.45) is -4.52. The number of rotatable bonds is 5. The van der Waals surface area contributed by atoms with Gasteiger partial charge in [0.25, 0.3) is 0 Å². The Bertz CT molecular complexity index is 911. The molecule has 0 aliphatic carbocycles. The first-order valence-corrected chi connectivity index (χ1v) is 9.10. The monoisotopic (exact) mass is 383 g/mol. The van der Waals surface area contributed by atoms with Crippen LogP contribution in [-0.2, 0) is 16.2 Å². The topological polar surface area (TPSA) is 55.4 Å². The van der Waals surface area contributed by atoms with Crippen LogP contribution in [0.4, 0.5) is 13.2 Å². The van der Waals surface area contributed by atoms with E-state index in [9.17, 15) is 21.6 Å². The van der Waals surface area contributed by atoms with E-state index in [2.05, 4.69) is 16.6 Å². The molecule has 0 spiro atoms. The lowest BCUT2D eigenvalue weighted by Crippen LogP contribution is -2.24. The lowest BCUT2D eigenvalue weighted by Gasteiger charge is -2.08. The molecule has 0 saturated heterocycles. The van der Waals surface area contributed by atoms with E-state index in [4.69, 9.17) is 4.74 Å². The van der Waals surface area contributed by atoms with Crippen LogP contribution in [-0.4, -0.2) is 21.6 Å². The van der Waals surface area contributed by atoms with Crippen molar-refractivity contribution in [2.24, 2.45) is 0 Å². The van der Waals surface area contributed by atoms with E-state index in [1.807, 2.05) is 6.92 Å². The maximum absolute atomic E-state index is 12.9. The number of benzene rings is 2. The van der Waals surface area contributed by atoms with Crippen LogP contribution < -0.4 is 9.46 Å². The molecule has 138 valence electrons. The van der Waals surface area contributed by atoms with Crippen molar-refractivity contribution in [3.8, 4) is 17.6 Å². The molecule has 4 nitrogen and oxygen atoms in total. The minimum absolute atomic E-state index is 0.0124. The number of hydrogen-bond acceptors (Lipinski definition) is 3. The summed E-state index contributed by atoms with van der Waals surface area (Å²) >= 11 is 0. The van der Waals surface area contributed by atoms with Crippen molar-refractivity contribution in [2.75, 3.05) is 13.2 Å². The highest BCUT2D eigenvalue weighted by atomic mass is 32.2. The van der Waals surface area contributed by atoms with Gasteiger partial charge in [0.05, 0.1) is 23.6 Å². The Morgan fingerprint density at radius 1 is 1.08 bits per heavy atom. The van der Waals surface area contributed by atoms with Crippen LogP contribution in [0.5, 0.6) is 5.75 Å². The Labute approximate surface area is 150 Å². The van der Waals surface area contributed by atoms with Gasteiger partial charge in [0, 0.05) is 5.56 Å². The molecule has 8 heteroatoms. The number of ether oxygens (including phenoxy) is 1. The summed E-state index contributed by atoms with van der Waals surface area (Å²) in [6, 6.07) is 10.6. The zero-order chi connectivity index (χ0) is 19.2. The van der Waals surface area contributed by atoms with Gasteiger partial charge >= 0.3 is 6.18 Å². The second-order valence-corrected chi connectivity index (χ2v) is 6.84. The molecular formula is C18H16F3NO3S. The van der Waals surface area contributed by atoms with Crippen LogP contribution in [0.2, 0.25) is 0 Å². The fourth-order valence-corrected chi connectivity index (χ4v) is 3.00. The highest BCUT2D eigenvalue weighted by molar-refractivity contribution is 7.89. The maximum Gasteiger partial charge on any atom is 0.417 e. The third-order valence-electron chi connectivity index (χ3n) is 3.25. The number of sulfonamides is 1. The smallest absolute Gasteiger partial charge is 0.417 e. The molecule has 0 amide bonds. The second kappa shape index (κ2) is 8.25. The van der Waals surface area contributed by atoms with Gasteiger partial charge < -0.3 is 4.74 Å². The van der Waals surface area contributed by atoms with Crippen LogP contribution in [0.1, 0.15) is 18.1 Å². The molecule has 0 saturated carbocycles. The van der Waals surface area contributed by atoms with E-state index in [0.717, 1.165) is 6.07 Å². The number of hydrogen-bond donors (Lipinski definition) is 1. The summed E-state index contributed by atoms with van der Waals surface area (Å²) in [7, 11) is -3.82. The molecule has 2 aromatic rings. The van der Waals surface area contributed by atoms with E-state index in [-0.39, 0.29) is 17.0 Å². The van der Waals surface area contributed by atoms with Crippen molar-refractivity contribution in [1.29, 1.82) is 0 Å². The molecule has 2 aromatic carbocycles. The van der Waals surface area contributed by atoms with Gasteiger partial charge in [0.15, 0.2) is 0 Å². The molecule has 0 aromatic heterocycles. The van der Waals surface area contributed by atoms with Crippen LogP contribution in [0.15, 0.2) is 53.4 Å². The molecule has 0 atom stereocenters. The minimum Gasteiger partial charge on any atom is -0.494 e. The van der Waals surface area contributed by atoms with Gasteiger partial charge in [-0.05, 0) is 43.3 Å². The average Bonchev–Trinajstić information content (AvgIpc) is 2.59. The highest BCUT2D eigenvalue weighted by Gasteiger charge is 2.32. The van der Waals surface area contributed by atoms with Crippen molar-refractivity contribution in [2.45, 2.75) is 18.0 Å². The lowest BCUT2D eigenvalue weighted by atomic mass is 10.1. The van der Waals surface area contributed by atoms with Gasteiger partial charge in [0.2, 0.25) is 10.0 Å². The third-order valence-corrected chi connectivity index (χ3v) is 4.67. The zero-order valence-electron chi connectivity index (χ0n) is 13.8. The third kappa shape index (κ3) is 5.25. The fourth-order valence-electron chi connectivity index (χ4n) is 2.07. The summed E-state index contributed by atoms with van der Waals surface area (Å²) in [5.74, 6) is 5.30. The SMILES string of the molecule is CCOc1ccc(S(=O)(=O)NCC#Cc2ccccc2C(F)(F)F)cc1. The molecular weight excluding hydrogens is 367 g/mol. The molecule has 26 heavy (non-hydrogen) atoms. The quantitative estimate of drug-likeness (QED) is 0.805. The largest absolute Gasteiger partial charge is 0.494 e.